The maximum atomic E-state index is 10.4. The lowest BCUT2D eigenvalue weighted by atomic mass is 9.87. The fourth-order valence-corrected chi connectivity index (χ4v) is 2.53. The predicted molar refractivity (Wildman–Crippen MR) is 90.3 cm³/mol. The van der Waals surface area contributed by atoms with E-state index < -0.39 is 6.10 Å². The Hall–Kier alpha value is -2.20. The van der Waals surface area contributed by atoms with Crippen molar-refractivity contribution in [2.24, 2.45) is 10.4 Å². The van der Waals surface area contributed by atoms with Crippen LogP contribution in [0.5, 0.6) is 0 Å². The standard InChI is InChI=1S/C19H22N2O2/c1-19(2,3)17(22)14-10-7-11-15(20-14)18-21-16(12-23-18)13-8-5-4-6-9-13/h4-11,16-17,22H,12H2,1-3H3/t16-,17+/m0/s1. The second-order valence-electron chi connectivity index (χ2n) is 6.89. The highest BCUT2D eigenvalue weighted by atomic mass is 16.5. The van der Waals surface area contributed by atoms with Gasteiger partial charge < -0.3 is 9.84 Å². The van der Waals surface area contributed by atoms with Crippen molar-refractivity contribution in [1.29, 1.82) is 0 Å². The molecule has 1 aromatic carbocycles. The molecule has 0 saturated heterocycles. The summed E-state index contributed by atoms with van der Waals surface area (Å²) in [5, 5.41) is 10.4. The zero-order valence-corrected chi connectivity index (χ0v) is 13.7. The number of rotatable bonds is 3. The maximum Gasteiger partial charge on any atom is 0.236 e. The number of ether oxygens (including phenoxy) is 1. The van der Waals surface area contributed by atoms with E-state index >= 15 is 0 Å². The molecule has 120 valence electrons. The molecule has 4 nitrogen and oxygen atoms in total. The average Bonchev–Trinajstić information content (AvgIpc) is 3.04. The summed E-state index contributed by atoms with van der Waals surface area (Å²) in [6.45, 7) is 6.48. The lowest BCUT2D eigenvalue weighted by Crippen LogP contribution is -2.20. The van der Waals surface area contributed by atoms with Gasteiger partial charge in [-0.25, -0.2) is 9.98 Å². The van der Waals surface area contributed by atoms with E-state index in [-0.39, 0.29) is 11.5 Å². The first-order valence-electron chi connectivity index (χ1n) is 7.86. The number of benzene rings is 1. The van der Waals surface area contributed by atoms with Gasteiger partial charge in [-0.05, 0) is 23.1 Å². The minimum Gasteiger partial charge on any atom is -0.474 e. The molecule has 4 heteroatoms. The molecule has 0 unspecified atom stereocenters. The molecule has 0 saturated carbocycles. The first kappa shape index (κ1) is 15.7. The largest absolute Gasteiger partial charge is 0.474 e. The molecule has 3 rings (SSSR count). The molecule has 0 aliphatic carbocycles. The van der Waals surface area contributed by atoms with Gasteiger partial charge in [0.15, 0.2) is 0 Å². The number of pyridine rings is 1. The zero-order valence-electron chi connectivity index (χ0n) is 13.7. The third-order valence-corrected chi connectivity index (χ3v) is 3.93. The van der Waals surface area contributed by atoms with Crippen LogP contribution < -0.4 is 0 Å². The Balaban J connectivity index is 1.86. The van der Waals surface area contributed by atoms with Gasteiger partial charge in [0.2, 0.25) is 5.90 Å². The Morgan fingerprint density at radius 3 is 2.52 bits per heavy atom. The SMILES string of the molecule is CC(C)(C)[C@H](O)c1cccc(C2=N[C@H](c3ccccc3)CO2)n1. The van der Waals surface area contributed by atoms with Gasteiger partial charge in [0, 0.05) is 0 Å². The molecule has 0 spiro atoms. The van der Waals surface area contributed by atoms with Crippen LogP contribution in [0.4, 0.5) is 0 Å². The third kappa shape index (κ3) is 3.42. The van der Waals surface area contributed by atoms with Crippen LogP contribution in [0.2, 0.25) is 0 Å². The summed E-state index contributed by atoms with van der Waals surface area (Å²) in [4.78, 5) is 9.18. The average molecular weight is 310 g/mol. The third-order valence-electron chi connectivity index (χ3n) is 3.93. The van der Waals surface area contributed by atoms with Crippen molar-refractivity contribution in [3.63, 3.8) is 0 Å². The number of aliphatic hydroxyl groups is 1. The van der Waals surface area contributed by atoms with Crippen LogP contribution in [-0.2, 0) is 4.74 Å². The number of nitrogens with zero attached hydrogens (tertiary/aromatic N) is 2. The van der Waals surface area contributed by atoms with Crippen LogP contribution in [0.15, 0.2) is 53.5 Å². The number of aromatic nitrogens is 1. The molecule has 2 atom stereocenters. The topological polar surface area (TPSA) is 54.7 Å². The number of aliphatic hydroxyl groups excluding tert-OH is 1. The van der Waals surface area contributed by atoms with Gasteiger partial charge in [0.25, 0.3) is 0 Å². The van der Waals surface area contributed by atoms with E-state index in [4.69, 9.17) is 4.74 Å². The quantitative estimate of drug-likeness (QED) is 0.941. The minimum atomic E-state index is -0.630. The molecule has 1 N–H and O–H groups in total. The molecule has 1 aliphatic heterocycles. The van der Waals surface area contributed by atoms with Crippen molar-refractivity contribution in [3.05, 3.63) is 65.5 Å². The van der Waals surface area contributed by atoms with E-state index in [9.17, 15) is 5.11 Å². The monoisotopic (exact) mass is 310 g/mol. The van der Waals surface area contributed by atoms with Gasteiger partial charge in [-0.2, -0.15) is 0 Å². The van der Waals surface area contributed by atoms with Crippen LogP contribution >= 0.6 is 0 Å². The molecule has 1 aromatic heterocycles. The van der Waals surface area contributed by atoms with E-state index in [1.54, 1.807) is 0 Å². The van der Waals surface area contributed by atoms with E-state index in [0.29, 0.717) is 23.9 Å². The minimum absolute atomic E-state index is 0.00388. The summed E-state index contributed by atoms with van der Waals surface area (Å²) in [7, 11) is 0. The number of hydrogen-bond acceptors (Lipinski definition) is 4. The highest BCUT2D eigenvalue weighted by molar-refractivity contribution is 5.93. The Morgan fingerprint density at radius 1 is 1.09 bits per heavy atom. The van der Waals surface area contributed by atoms with E-state index in [1.807, 2.05) is 69.3 Å². The fraction of sp³-hybridized carbons (Fsp3) is 0.368. The van der Waals surface area contributed by atoms with Crippen molar-refractivity contribution >= 4 is 5.90 Å². The second-order valence-corrected chi connectivity index (χ2v) is 6.89. The first-order chi connectivity index (χ1) is 10.9. The Kier molecular flexibility index (Phi) is 4.18. The van der Waals surface area contributed by atoms with Gasteiger partial charge in [0.05, 0.1) is 5.69 Å². The van der Waals surface area contributed by atoms with Crippen LogP contribution in [-0.4, -0.2) is 22.6 Å². The molecule has 23 heavy (non-hydrogen) atoms. The van der Waals surface area contributed by atoms with Crippen molar-refractivity contribution in [2.45, 2.75) is 32.9 Å². The summed E-state index contributed by atoms with van der Waals surface area (Å²) in [5.74, 6) is 0.543. The predicted octanol–water partition coefficient (Wildman–Crippen LogP) is 3.68. The summed E-state index contributed by atoms with van der Waals surface area (Å²) in [6.07, 6.45) is -0.630. The Bertz CT molecular complexity index is 705. The molecular weight excluding hydrogens is 288 g/mol. The molecule has 0 amide bonds. The normalized spacial score (nSPS) is 19.1. The highest BCUT2D eigenvalue weighted by Gasteiger charge is 2.27. The Labute approximate surface area is 136 Å². The van der Waals surface area contributed by atoms with Gasteiger partial charge in [-0.15, -0.1) is 0 Å². The Morgan fingerprint density at radius 2 is 1.83 bits per heavy atom. The summed E-state index contributed by atoms with van der Waals surface area (Å²) < 4.78 is 5.73. The summed E-state index contributed by atoms with van der Waals surface area (Å²) in [5.41, 5.74) is 2.18. The smallest absolute Gasteiger partial charge is 0.236 e. The molecule has 0 fully saturated rings. The van der Waals surface area contributed by atoms with Crippen LogP contribution in [0.3, 0.4) is 0 Å². The summed E-state index contributed by atoms with van der Waals surface area (Å²) in [6, 6.07) is 15.7. The lowest BCUT2D eigenvalue weighted by molar-refractivity contribution is 0.0588. The maximum absolute atomic E-state index is 10.4. The molecule has 2 aromatic rings. The zero-order chi connectivity index (χ0) is 16.4. The molecule has 2 heterocycles. The van der Waals surface area contributed by atoms with Crippen molar-refractivity contribution < 1.29 is 9.84 Å². The lowest BCUT2D eigenvalue weighted by Gasteiger charge is -2.25. The molecule has 0 radical (unpaired) electrons. The van der Waals surface area contributed by atoms with E-state index in [1.165, 1.54) is 0 Å². The van der Waals surface area contributed by atoms with E-state index in [0.717, 1.165) is 5.56 Å². The second kappa shape index (κ2) is 6.13. The fourth-order valence-electron chi connectivity index (χ4n) is 2.53. The van der Waals surface area contributed by atoms with Crippen LogP contribution in [0, 0.1) is 5.41 Å². The van der Waals surface area contributed by atoms with Gasteiger partial charge in [0.1, 0.15) is 24.4 Å². The van der Waals surface area contributed by atoms with Crippen molar-refractivity contribution in [2.75, 3.05) is 6.61 Å². The molecular formula is C19H22N2O2. The van der Waals surface area contributed by atoms with Gasteiger partial charge in [-0.1, -0.05) is 57.2 Å². The van der Waals surface area contributed by atoms with E-state index in [2.05, 4.69) is 9.98 Å². The first-order valence-corrected chi connectivity index (χ1v) is 7.86. The van der Waals surface area contributed by atoms with Crippen LogP contribution in [0.1, 0.15) is 49.9 Å². The van der Waals surface area contributed by atoms with Crippen LogP contribution in [0.25, 0.3) is 0 Å². The molecule has 1 aliphatic rings. The highest BCUT2D eigenvalue weighted by Crippen LogP contribution is 2.32. The van der Waals surface area contributed by atoms with Gasteiger partial charge >= 0.3 is 0 Å². The molecule has 0 bridgehead atoms. The van der Waals surface area contributed by atoms with Gasteiger partial charge in [-0.3, -0.25) is 0 Å². The summed E-state index contributed by atoms with van der Waals surface area (Å²) >= 11 is 0. The number of aliphatic imine (C=N–C) groups is 1. The number of hydrogen-bond donors (Lipinski definition) is 1. The van der Waals surface area contributed by atoms with Crippen molar-refractivity contribution in [3.8, 4) is 0 Å². The van der Waals surface area contributed by atoms with Crippen molar-refractivity contribution in [1.82, 2.24) is 4.98 Å².